The van der Waals surface area contributed by atoms with Gasteiger partial charge >= 0.3 is 0 Å². The number of halogens is 1. The smallest absolute Gasteiger partial charge is 0.252 e. The van der Waals surface area contributed by atoms with Crippen molar-refractivity contribution in [3.8, 4) is 0 Å². The second-order valence-electron chi connectivity index (χ2n) is 4.16. The minimum Gasteiger partial charge on any atom is -0.381 e. The number of hydrogen-bond donors (Lipinski definition) is 1. The van der Waals surface area contributed by atoms with Crippen LogP contribution in [0.5, 0.6) is 0 Å². The Labute approximate surface area is 109 Å². The highest BCUT2D eigenvalue weighted by molar-refractivity contribution is 9.10. The number of pyridine rings is 1. The third-order valence-electron chi connectivity index (χ3n) is 2.86. The first kappa shape index (κ1) is 12.5. The van der Waals surface area contributed by atoms with Gasteiger partial charge in [0, 0.05) is 36.6 Å². The Morgan fingerprint density at radius 2 is 2.24 bits per heavy atom. The van der Waals surface area contributed by atoms with E-state index in [1.54, 1.807) is 18.5 Å². The fourth-order valence-electron chi connectivity index (χ4n) is 1.83. The van der Waals surface area contributed by atoms with Crippen molar-refractivity contribution >= 4 is 21.8 Å². The van der Waals surface area contributed by atoms with Crippen LogP contribution >= 0.6 is 15.9 Å². The van der Waals surface area contributed by atoms with Crippen LogP contribution in [0.3, 0.4) is 0 Å². The van der Waals surface area contributed by atoms with Crippen molar-refractivity contribution in [3.63, 3.8) is 0 Å². The Morgan fingerprint density at radius 1 is 1.47 bits per heavy atom. The number of hydrogen-bond acceptors (Lipinski definition) is 3. The Morgan fingerprint density at radius 3 is 2.94 bits per heavy atom. The number of carbonyl (C=O) groups is 1. The highest BCUT2D eigenvalue weighted by atomic mass is 79.9. The normalized spacial score (nSPS) is 16.8. The molecule has 0 spiro atoms. The number of ether oxygens (including phenoxy) is 1. The molecule has 1 aliphatic heterocycles. The number of nitrogens with one attached hydrogen (secondary N) is 1. The summed E-state index contributed by atoms with van der Waals surface area (Å²) in [5, 5.41) is 2.94. The maximum Gasteiger partial charge on any atom is 0.252 e. The Balaban J connectivity index is 1.84. The van der Waals surface area contributed by atoms with Crippen molar-refractivity contribution in [1.82, 2.24) is 10.3 Å². The molecular formula is C12H15BrN2O2. The SMILES string of the molecule is O=C(NCC1CCOCC1)c1cncc(Br)c1. The largest absolute Gasteiger partial charge is 0.381 e. The fraction of sp³-hybridized carbons (Fsp3) is 0.500. The molecule has 17 heavy (non-hydrogen) atoms. The van der Waals surface area contributed by atoms with Crippen LogP contribution < -0.4 is 5.32 Å². The van der Waals surface area contributed by atoms with Gasteiger partial charge in [-0.15, -0.1) is 0 Å². The molecule has 0 unspecified atom stereocenters. The van der Waals surface area contributed by atoms with E-state index in [4.69, 9.17) is 4.74 Å². The summed E-state index contributed by atoms with van der Waals surface area (Å²) in [4.78, 5) is 15.8. The summed E-state index contributed by atoms with van der Waals surface area (Å²) in [5.41, 5.74) is 0.589. The van der Waals surface area contributed by atoms with Gasteiger partial charge in [0.2, 0.25) is 0 Å². The average Bonchev–Trinajstić information content (AvgIpc) is 2.37. The van der Waals surface area contributed by atoms with Crippen LogP contribution in [0.1, 0.15) is 23.2 Å². The minimum absolute atomic E-state index is 0.0645. The molecule has 1 amide bonds. The Kier molecular flexibility index (Phi) is 4.50. The van der Waals surface area contributed by atoms with Crippen LogP contribution in [0.2, 0.25) is 0 Å². The molecule has 4 nitrogen and oxygen atoms in total. The molecule has 1 aromatic rings. The molecule has 0 bridgehead atoms. The standard InChI is InChI=1S/C12H15BrN2O2/c13-11-5-10(7-14-8-11)12(16)15-6-9-1-3-17-4-2-9/h5,7-9H,1-4,6H2,(H,15,16). The predicted octanol–water partition coefficient (Wildman–Crippen LogP) is 2.00. The predicted molar refractivity (Wildman–Crippen MR) is 67.8 cm³/mol. The number of amides is 1. The lowest BCUT2D eigenvalue weighted by atomic mass is 10.0. The van der Waals surface area contributed by atoms with Crippen molar-refractivity contribution in [3.05, 3.63) is 28.5 Å². The van der Waals surface area contributed by atoms with E-state index < -0.39 is 0 Å². The van der Waals surface area contributed by atoms with Crippen molar-refractivity contribution in [1.29, 1.82) is 0 Å². The van der Waals surface area contributed by atoms with Gasteiger partial charge in [-0.1, -0.05) is 0 Å². The molecule has 92 valence electrons. The summed E-state index contributed by atoms with van der Waals surface area (Å²) in [6.45, 7) is 2.33. The van der Waals surface area contributed by atoms with Gasteiger partial charge in [-0.3, -0.25) is 9.78 Å². The third-order valence-corrected chi connectivity index (χ3v) is 3.29. The maximum atomic E-state index is 11.8. The van der Waals surface area contributed by atoms with Gasteiger partial charge in [-0.25, -0.2) is 0 Å². The van der Waals surface area contributed by atoms with E-state index in [9.17, 15) is 4.79 Å². The van der Waals surface area contributed by atoms with Gasteiger partial charge in [-0.2, -0.15) is 0 Å². The van der Waals surface area contributed by atoms with E-state index in [-0.39, 0.29) is 5.91 Å². The summed E-state index contributed by atoms with van der Waals surface area (Å²) in [6, 6.07) is 1.77. The van der Waals surface area contributed by atoms with E-state index in [1.165, 1.54) is 0 Å². The third kappa shape index (κ3) is 3.78. The number of rotatable bonds is 3. The monoisotopic (exact) mass is 298 g/mol. The summed E-state index contributed by atoms with van der Waals surface area (Å²) < 4.78 is 6.09. The highest BCUT2D eigenvalue weighted by Gasteiger charge is 2.15. The molecule has 2 rings (SSSR count). The van der Waals surface area contributed by atoms with Gasteiger partial charge in [0.25, 0.3) is 5.91 Å². The highest BCUT2D eigenvalue weighted by Crippen LogP contribution is 2.14. The molecule has 0 aliphatic carbocycles. The van der Waals surface area contributed by atoms with Gasteiger partial charge in [0.1, 0.15) is 0 Å². The molecule has 0 radical (unpaired) electrons. The van der Waals surface area contributed by atoms with Crippen LogP contribution in [0.25, 0.3) is 0 Å². The van der Waals surface area contributed by atoms with Crippen molar-refractivity contribution in [2.24, 2.45) is 5.92 Å². The first-order chi connectivity index (χ1) is 8.25. The lowest BCUT2D eigenvalue weighted by molar-refractivity contribution is 0.0642. The van der Waals surface area contributed by atoms with E-state index in [0.29, 0.717) is 18.0 Å². The topological polar surface area (TPSA) is 51.2 Å². The van der Waals surface area contributed by atoms with Gasteiger partial charge in [0.15, 0.2) is 0 Å². The van der Waals surface area contributed by atoms with E-state index in [0.717, 1.165) is 30.5 Å². The Bertz CT molecular complexity index is 392. The number of aromatic nitrogens is 1. The molecule has 1 aromatic heterocycles. The van der Waals surface area contributed by atoms with Crippen LogP contribution in [0.15, 0.2) is 22.9 Å². The van der Waals surface area contributed by atoms with E-state index >= 15 is 0 Å². The second kappa shape index (κ2) is 6.12. The van der Waals surface area contributed by atoms with Crippen LogP contribution in [0, 0.1) is 5.92 Å². The maximum absolute atomic E-state index is 11.8. The van der Waals surface area contributed by atoms with Crippen molar-refractivity contribution in [2.45, 2.75) is 12.8 Å². The molecule has 0 atom stereocenters. The molecule has 1 aliphatic rings. The minimum atomic E-state index is -0.0645. The lowest BCUT2D eigenvalue weighted by Crippen LogP contribution is -2.32. The molecular weight excluding hydrogens is 284 g/mol. The van der Waals surface area contributed by atoms with Crippen LogP contribution in [-0.2, 0) is 4.74 Å². The van der Waals surface area contributed by atoms with Crippen LogP contribution in [-0.4, -0.2) is 30.6 Å². The number of nitrogens with zero attached hydrogens (tertiary/aromatic N) is 1. The summed E-state index contributed by atoms with van der Waals surface area (Å²) in [6.07, 6.45) is 5.29. The fourth-order valence-corrected chi connectivity index (χ4v) is 2.19. The molecule has 5 heteroatoms. The molecule has 2 heterocycles. The van der Waals surface area contributed by atoms with Gasteiger partial charge in [-0.05, 0) is 40.8 Å². The zero-order valence-electron chi connectivity index (χ0n) is 9.49. The van der Waals surface area contributed by atoms with Crippen molar-refractivity contribution in [2.75, 3.05) is 19.8 Å². The molecule has 1 fully saturated rings. The first-order valence-electron chi connectivity index (χ1n) is 5.72. The molecule has 1 saturated heterocycles. The van der Waals surface area contributed by atoms with Crippen molar-refractivity contribution < 1.29 is 9.53 Å². The summed E-state index contributed by atoms with van der Waals surface area (Å²) >= 11 is 3.30. The van der Waals surface area contributed by atoms with E-state index in [1.807, 2.05) is 0 Å². The first-order valence-corrected chi connectivity index (χ1v) is 6.51. The summed E-state index contributed by atoms with van der Waals surface area (Å²) in [7, 11) is 0. The zero-order valence-corrected chi connectivity index (χ0v) is 11.1. The summed E-state index contributed by atoms with van der Waals surface area (Å²) in [5.74, 6) is 0.470. The van der Waals surface area contributed by atoms with Crippen LogP contribution in [0.4, 0.5) is 0 Å². The lowest BCUT2D eigenvalue weighted by Gasteiger charge is -2.22. The van der Waals surface area contributed by atoms with Gasteiger partial charge in [0.05, 0.1) is 5.56 Å². The molecule has 0 aromatic carbocycles. The number of carbonyl (C=O) groups excluding carboxylic acids is 1. The van der Waals surface area contributed by atoms with E-state index in [2.05, 4.69) is 26.2 Å². The average molecular weight is 299 g/mol. The Hall–Kier alpha value is -0.940. The quantitative estimate of drug-likeness (QED) is 0.929. The molecule has 1 N–H and O–H groups in total. The van der Waals surface area contributed by atoms with Gasteiger partial charge < -0.3 is 10.1 Å². The zero-order chi connectivity index (χ0) is 12.1. The second-order valence-corrected chi connectivity index (χ2v) is 5.07. The molecule has 0 saturated carbocycles.